The SMILES string of the molecule is C1=C(c2ccc(CCc3ccc(C4=Cc5ncccc5C4)cc3)cc2)Cc2cccnc21. The zero-order chi connectivity index (χ0) is 21.3. The van der Waals surface area contributed by atoms with Crippen LogP contribution in [0.3, 0.4) is 0 Å². The maximum absolute atomic E-state index is 4.47. The minimum atomic E-state index is 0.979. The molecule has 6 rings (SSSR count). The molecule has 2 aliphatic rings. The van der Waals surface area contributed by atoms with E-state index in [9.17, 15) is 0 Å². The first-order chi connectivity index (χ1) is 15.8. The molecule has 0 saturated heterocycles. The van der Waals surface area contributed by atoms with Crippen molar-refractivity contribution in [2.45, 2.75) is 25.7 Å². The summed E-state index contributed by atoms with van der Waals surface area (Å²) in [5, 5.41) is 0. The monoisotopic (exact) mass is 412 g/mol. The quantitative estimate of drug-likeness (QED) is 0.376. The van der Waals surface area contributed by atoms with Crippen LogP contribution in [0, 0.1) is 0 Å². The smallest absolute Gasteiger partial charge is 0.0668 e. The van der Waals surface area contributed by atoms with Crippen molar-refractivity contribution in [3.05, 3.63) is 130 Å². The van der Waals surface area contributed by atoms with Gasteiger partial charge in [0.05, 0.1) is 11.4 Å². The Kier molecular flexibility index (Phi) is 4.77. The van der Waals surface area contributed by atoms with Crippen molar-refractivity contribution in [3.63, 3.8) is 0 Å². The molecule has 4 aromatic rings. The van der Waals surface area contributed by atoms with Gasteiger partial charge in [-0.15, -0.1) is 0 Å². The van der Waals surface area contributed by atoms with E-state index in [1.807, 2.05) is 24.5 Å². The van der Waals surface area contributed by atoms with E-state index in [4.69, 9.17) is 0 Å². The first kappa shape index (κ1) is 18.9. The Balaban J connectivity index is 1.08. The van der Waals surface area contributed by atoms with Crippen LogP contribution in [-0.2, 0) is 25.7 Å². The number of nitrogens with zero attached hydrogens (tertiary/aromatic N) is 2. The molecule has 0 N–H and O–H groups in total. The third kappa shape index (κ3) is 3.69. The van der Waals surface area contributed by atoms with Crippen molar-refractivity contribution >= 4 is 23.3 Å². The number of rotatable bonds is 5. The highest BCUT2D eigenvalue weighted by Gasteiger charge is 2.15. The summed E-state index contributed by atoms with van der Waals surface area (Å²) in [6.45, 7) is 0. The van der Waals surface area contributed by atoms with Crippen molar-refractivity contribution in [2.75, 3.05) is 0 Å². The number of aryl methyl sites for hydroxylation is 2. The zero-order valence-corrected chi connectivity index (χ0v) is 18.0. The van der Waals surface area contributed by atoms with E-state index in [0.29, 0.717) is 0 Å². The minimum absolute atomic E-state index is 0.979. The highest BCUT2D eigenvalue weighted by molar-refractivity contribution is 5.88. The maximum atomic E-state index is 4.47. The van der Waals surface area contributed by atoms with Gasteiger partial charge in [0.2, 0.25) is 0 Å². The van der Waals surface area contributed by atoms with Gasteiger partial charge in [0.1, 0.15) is 0 Å². The Hall–Kier alpha value is -3.78. The standard InChI is InChI=1S/C30H24N2/c1-3-25-17-27(19-29(25)31-15-1)23-11-7-21(8-12-23)5-6-22-9-13-24(14-10-22)28-18-26-4-2-16-32-30(26)20-28/h1-4,7-16,19-20H,5-6,17-18H2. The van der Waals surface area contributed by atoms with Gasteiger partial charge in [-0.05, 0) is 81.7 Å². The Morgan fingerprint density at radius 2 is 0.969 bits per heavy atom. The van der Waals surface area contributed by atoms with Gasteiger partial charge >= 0.3 is 0 Å². The molecule has 0 atom stereocenters. The molecular weight excluding hydrogens is 388 g/mol. The summed E-state index contributed by atoms with van der Waals surface area (Å²) in [5.41, 5.74) is 13.0. The second kappa shape index (κ2) is 8.05. The summed E-state index contributed by atoms with van der Waals surface area (Å²) in [6, 6.07) is 26.5. The normalized spacial score (nSPS) is 14.0. The van der Waals surface area contributed by atoms with Crippen LogP contribution >= 0.6 is 0 Å². The summed E-state index contributed by atoms with van der Waals surface area (Å²) in [6.07, 6.45) is 12.2. The Morgan fingerprint density at radius 1 is 0.531 bits per heavy atom. The molecule has 0 fully saturated rings. The van der Waals surface area contributed by atoms with Gasteiger partial charge in [0.25, 0.3) is 0 Å². The number of pyridine rings is 2. The third-order valence-corrected chi connectivity index (χ3v) is 6.59. The second-order valence-corrected chi connectivity index (χ2v) is 8.68. The van der Waals surface area contributed by atoms with Gasteiger partial charge in [0, 0.05) is 25.2 Å². The lowest BCUT2D eigenvalue weighted by atomic mass is 9.98. The lowest BCUT2D eigenvalue weighted by molar-refractivity contribution is 0.959. The van der Waals surface area contributed by atoms with E-state index in [2.05, 4.69) is 82.8 Å². The number of aromatic nitrogens is 2. The Labute approximate surface area is 189 Å². The average Bonchev–Trinajstić information content (AvgIpc) is 3.48. The molecule has 0 bridgehead atoms. The Morgan fingerprint density at radius 3 is 1.38 bits per heavy atom. The van der Waals surface area contributed by atoms with Crippen LogP contribution < -0.4 is 0 Å². The van der Waals surface area contributed by atoms with Gasteiger partial charge in [-0.25, -0.2) is 0 Å². The van der Waals surface area contributed by atoms with E-state index in [1.54, 1.807) is 0 Å². The van der Waals surface area contributed by atoms with Crippen LogP contribution in [0.25, 0.3) is 23.3 Å². The van der Waals surface area contributed by atoms with Crippen LogP contribution in [-0.4, -0.2) is 9.97 Å². The third-order valence-electron chi connectivity index (χ3n) is 6.59. The van der Waals surface area contributed by atoms with Gasteiger partial charge in [-0.2, -0.15) is 0 Å². The van der Waals surface area contributed by atoms with E-state index in [0.717, 1.165) is 37.1 Å². The van der Waals surface area contributed by atoms with Crippen molar-refractivity contribution in [3.8, 4) is 0 Å². The summed E-state index contributed by atoms with van der Waals surface area (Å²) in [4.78, 5) is 8.95. The summed E-state index contributed by atoms with van der Waals surface area (Å²) >= 11 is 0. The first-order valence-corrected chi connectivity index (χ1v) is 11.3. The lowest BCUT2D eigenvalue weighted by Crippen LogP contribution is -1.93. The molecule has 2 heteroatoms. The molecule has 0 amide bonds. The number of fused-ring (bicyclic) bond motifs is 2. The van der Waals surface area contributed by atoms with Gasteiger partial charge in [0.15, 0.2) is 0 Å². The lowest BCUT2D eigenvalue weighted by Gasteiger charge is -2.07. The molecule has 2 aromatic carbocycles. The largest absolute Gasteiger partial charge is 0.257 e. The molecule has 32 heavy (non-hydrogen) atoms. The van der Waals surface area contributed by atoms with E-state index in [1.165, 1.54) is 44.5 Å². The van der Waals surface area contributed by atoms with E-state index >= 15 is 0 Å². The van der Waals surface area contributed by atoms with Gasteiger partial charge < -0.3 is 0 Å². The van der Waals surface area contributed by atoms with Crippen LogP contribution in [0.15, 0.2) is 85.2 Å². The number of hydrogen-bond donors (Lipinski definition) is 0. The molecule has 0 saturated carbocycles. The summed E-state index contributed by atoms with van der Waals surface area (Å²) in [7, 11) is 0. The summed E-state index contributed by atoms with van der Waals surface area (Å²) in [5.74, 6) is 0. The first-order valence-electron chi connectivity index (χ1n) is 11.3. The molecule has 0 radical (unpaired) electrons. The maximum Gasteiger partial charge on any atom is 0.0668 e. The van der Waals surface area contributed by atoms with Crippen LogP contribution in [0.4, 0.5) is 0 Å². The number of hydrogen-bond acceptors (Lipinski definition) is 2. The van der Waals surface area contributed by atoms with Crippen LogP contribution in [0.2, 0.25) is 0 Å². The molecule has 0 unspecified atom stereocenters. The van der Waals surface area contributed by atoms with Crippen molar-refractivity contribution in [2.24, 2.45) is 0 Å². The molecule has 0 spiro atoms. The van der Waals surface area contributed by atoms with Crippen LogP contribution in [0.1, 0.15) is 44.8 Å². The number of benzene rings is 2. The highest BCUT2D eigenvalue weighted by Crippen LogP contribution is 2.31. The topological polar surface area (TPSA) is 25.8 Å². The van der Waals surface area contributed by atoms with Gasteiger partial charge in [-0.1, -0.05) is 60.7 Å². The predicted molar refractivity (Wildman–Crippen MR) is 132 cm³/mol. The molecule has 154 valence electrons. The predicted octanol–water partition coefficient (Wildman–Crippen LogP) is 6.46. The molecule has 2 nitrogen and oxygen atoms in total. The fourth-order valence-electron chi connectivity index (χ4n) is 4.73. The van der Waals surface area contributed by atoms with Crippen molar-refractivity contribution in [1.82, 2.24) is 9.97 Å². The number of allylic oxidation sites excluding steroid dienone is 2. The molecular formula is C30H24N2. The van der Waals surface area contributed by atoms with Crippen molar-refractivity contribution < 1.29 is 0 Å². The second-order valence-electron chi connectivity index (χ2n) is 8.68. The zero-order valence-electron chi connectivity index (χ0n) is 18.0. The molecule has 2 heterocycles. The fourth-order valence-corrected chi connectivity index (χ4v) is 4.73. The fraction of sp³-hybridized carbons (Fsp3) is 0.133. The van der Waals surface area contributed by atoms with Gasteiger partial charge in [-0.3, -0.25) is 9.97 Å². The summed E-state index contributed by atoms with van der Waals surface area (Å²) < 4.78 is 0. The minimum Gasteiger partial charge on any atom is -0.257 e. The molecule has 0 aliphatic heterocycles. The Bertz CT molecular complexity index is 1240. The average molecular weight is 413 g/mol. The highest BCUT2D eigenvalue weighted by atomic mass is 14.7. The van der Waals surface area contributed by atoms with Crippen molar-refractivity contribution in [1.29, 1.82) is 0 Å². The van der Waals surface area contributed by atoms with Crippen LogP contribution in [0.5, 0.6) is 0 Å². The molecule has 2 aliphatic carbocycles. The van der Waals surface area contributed by atoms with E-state index < -0.39 is 0 Å². The molecule has 2 aromatic heterocycles. The van der Waals surface area contributed by atoms with E-state index in [-0.39, 0.29) is 0 Å².